The summed E-state index contributed by atoms with van der Waals surface area (Å²) in [4.78, 5) is 6.22. The highest BCUT2D eigenvalue weighted by molar-refractivity contribution is 7.89. The van der Waals surface area contributed by atoms with Crippen LogP contribution >= 0.6 is 24.4 Å². The van der Waals surface area contributed by atoms with Crippen molar-refractivity contribution in [2.24, 2.45) is 0 Å². The van der Waals surface area contributed by atoms with Crippen LogP contribution in [-0.4, -0.2) is 98.3 Å². The van der Waals surface area contributed by atoms with Gasteiger partial charge in [0.15, 0.2) is 0 Å². The molecule has 0 aromatic carbocycles. The van der Waals surface area contributed by atoms with Crippen molar-refractivity contribution in [2.45, 2.75) is 0 Å². The maximum Gasteiger partial charge on any atom is 0.134 e. The monoisotopic (exact) mass is 344 g/mol. The van der Waals surface area contributed by atoms with E-state index < -0.39 is 0 Å². The summed E-state index contributed by atoms with van der Waals surface area (Å²) in [6.07, 6.45) is 0. The average Bonchev–Trinajstić information content (AvgIpc) is 2.56. The van der Waals surface area contributed by atoms with Crippen LogP contribution in [0.15, 0.2) is 0 Å². The SMILES string of the molecule is S=C(NCCN1CCNCC1)C(=S)NCCN1CCNCC1. The van der Waals surface area contributed by atoms with Gasteiger partial charge < -0.3 is 21.3 Å². The van der Waals surface area contributed by atoms with E-state index in [-0.39, 0.29) is 0 Å². The minimum absolute atomic E-state index is 0.672. The number of nitrogens with one attached hydrogen (secondary N) is 4. The van der Waals surface area contributed by atoms with Crippen LogP contribution in [0.25, 0.3) is 0 Å². The molecule has 0 unspecified atom stereocenters. The molecule has 2 aliphatic rings. The Bertz CT molecular complexity index is 319. The molecule has 0 saturated carbocycles. The first-order valence-electron chi connectivity index (χ1n) is 8.18. The van der Waals surface area contributed by atoms with Gasteiger partial charge in [-0.05, 0) is 0 Å². The lowest BCUT2D eigenvalue weighted by atomic mass is 10.3. The second-order valence-corrected chi connectivity index (χ2v) is 6.51. The van der Waals surface area contributed by atoms with Gasteiger partial charge in [0.25, 0.3) is 0 Å². The Kier molecular flexibility index (Phi) is 8.50. The number of hydrogen-bond donors (Lipinski definition) is 4. The first-order valence-corrected chi connectivity index (χ1v) is 8.99. The lowest BCUT2D eigenvalue weighted by Gasteiger charge is -2.28. The van der Waals surface area contributed by atoms with Crippen LogP contribution in [-0.2, 0) is 0 Å². The van der Waals surface area contributed by atoms with E-state index in [2.05, 4.69) is 31.1 Å². The van der Waals surface area contributed by atoms with Gasteiger partial charge >= 0.3 is 0 Å². The van der Waals surface area contributed by atoms with Gasteiger partial charge in [-0.15, -0.1) is 0 Å². The third-order valence-corrected chi connectivity index (χ3v) is 4.88. The van der Waals surface area contributed by atoms with E-state index in [1.807, 2.05) is 0 Å². The van der Waals surface area contributed by atoms with Crippen molar-refractivity contribution in [3.05, 3.63) is 0 Å². The van der Waals surface area contributed by atoms with Crippen molar-refractivity contribution >= 4 is 34.4 Å². The molecule has 2 heterocycles. The largest absolute Gasteiger partial charge is 0.373 e. The van der Waals surface area contributed by atoms with Crippen molar-refractivity contribution in [3.63, 3.8) is 0 Å². The summed E-state index contributed by atoms with van der Waals surface area (Å²) in [5.74, 6) is 0. The Morgan fingerprint density at radius 3 is 1.45 bits per heavy atom. The van der Waals surface area contributed by atoms with Crippen molar-refractivity contribution in [1.29, 1.82) is 0 Å². The number of nitrogens with zero attached hydrogens (tertiary/aromatic N) is 2. The maximum atomic E-state index is 5.34. The third-order valence-electron chi connectivity index (χ3n) is 4.05. The number of thiocarbonyl (C=S) groups is 2. The summed E-state index contributed by atoms with van der Waals surface area (Å²) in [6, 6.07) is 0. The Morgan fingerprint density at radius 2 is 1.09 bits per heavy atom. The predicted octanol–water partition coefficient (Wildman–Crippen LogP) is -1.37. The zero-order valence-corrected chi connectivity index (χ0v) is 14.8. The molecule has 126 valence electrons. The fraction of sp³-hybridized carbons (Fsp3) is 0.857. The molecule has 2 rings (SSSR count). The summed E-state index contributed by atoms with van der Waals surface area (Å²) >= 11 is 10.7. The van der Waals surface area contributed by atoms with Crippen LogP contribution in [0.5, 0.6) is 0 Å². The second-order valence-electron chi connectivity index (χ2n) is 5.70. The molecule has 0 bridgehead atoms. The molecule has 8 heteroatoms. The molecule has 4 N–H and O–H groups in total. The highest BCUT2D eigenvalue weighted by Gasteiger charge is 2.11. The van der Waals surface area contributed by atoms with E-state index in [1.54, 1.807) is 0 Å². The minimum Gasteiger partial charge on any atom is -0.373 e. The van der Waals surface area contributed by atoms with Gasteiger partial charge in [0, 0.05) is 78.5 Å². The molecule has 0 aromatic rings. The molecule has 0 aromatic heterocycles. The van der Waals surface area contributed by atoms with Gasteiger partial charge in [0.2, 0.25) is 0 Å². The summed E-state index contributed by atoms with van der Waals surface area (Å²) in [5, 5.41) is 13.2. The van der Waals surface area contributed by atoms with E-state index in [0.29, 0.717) is 9.98 Å². The van der Waals surface area contributed by atoms with E-state index >= 15 is 0 Å². The number of rotatable bonds is 6. The Hall–Kier alpha value is -0.380. The van der Waals surface area contributed by atoms with E-state index in [1.165, 1.54) is 0 Å². The summed E-state index contributed by atoms with van der Waals surface area (Å²) < 4.78 is 0. The summed E-state index contributed by atoms with van der Waals surface area (Å²) in [6.45, 7) is 12.5. The third kappa shape index (κ3) is 6.80. The molecule has 2 saturated heterocycles. The first kappa shape index (κ1) is 18.0. The Morgan fingerprint density at radius 1 is 0.727 bits per heavy atom. The Labute approximate surface area is 144 Å². The van der Waals surface area contributed by atoms with Crippen molar-refractivity contribution in [1.82, 2.24) is 31.1 Å². The van der Waals surface area contributed by atoms with Crippen LogP contribution in [0.1, 0.15) is 0 Å². The zero-order valence-electron chi connectivity index (χ0n) is 13.2. The van der Waals surface area contributed by atoms with Gasteiger partial charge in [-0.1, -0.05) is 24.4 Å². The molecule has 0 atom stereocenters. The fourth-order valence-electron chi connectivity index (χ4n) is 2.69. The lowest BCUT2D eigenvalue weighted by Crippen LogP contribution is -2.48. The van der Waals surface area contributed by atoms with E-state index in [0.717, 1.165) is 78.5 Å². The van der Waals surface area contributed by atoms with Crippen molar-refractivity contribution in [2.75, 3.05) is 78.5 Å². The smallest absolute Gasteiger partial charge is 0.134 e. The van der Waals surface area contributed by atoms with Gasteiger partial charge in [0.1, 0.15) is 9.98 Å². The van der Waals surface area contributed by atoms with E-state index in [9.17, 15) is 0 Å². The van der Waals surface area contributed by atoms with Crippen LogP contribution < -0.4 is 21.3 Å². The first-order chi connectivity index (χ1) is 10.8. The van der Waals surface area contributed by atoms with Gasteiger partial charge in [-0.3, -0.25) is 9.80 Å². The quantitative estimate of drug-likeness (QED) is 0.441. The van der Waals surface area contributed by atoms with Crippen LogP contribution in [0.3, 0.4) is 0 Å². The Balaban J connectivity index is 1.51. The summed E-state index contributed by atoms with van der Waals surface area (Å²) in [5.41, 5.74) is 0. The lowest BCUT2D eigenvalue weighted by molar-refractivity contribution is 0.244. The molecule has 0 amide bonds. The molecule has 0 radical (unpaired) electrons. The second kappa shape index (κ2) is 10.4. The zero-order chi connectivity index (χ0) is 15.6. The average molecular weight is 345 g/mol. The molecule has 22 heavy (non-hydrogen) atoms. The highest BCUT2D eigenvalue weighted by Crippen LogP contribution is 1.91. The molecular formula is C14H28N6S2. The number of hydrogen-bond acceptors (Lipinski definition) is 6. The summed E-state index contributed by atoms with van der Waals surface area (Å²) in [7, 11) is 0. The molecule has 2 fully saturated rings. The van der Waals surface area contributed by atoms with Crippen molar-refractivity contribution in [3.8, 4) is 0 Å². The molecule has 6 nitrogen and oxygen atoms in total. The standard InChI is InChI=1S/C14H28N6S2/c21-13(17-5-11-19-7-1-15-2-8-19)14(22)18-6-12-20-9-3-16-4-10-20/h15-16H,1-12H2,(H,17,21)(H,18,22). The van der Waals surface area contributed by atoms with Crippen LogP contribution in [0, 0.1) is 0 Å². The van der Waals surface area contributed by atoms with Crippen molar-refractivity contribution < 1.29 is 0 Å². The fourth-order valence-corrected chi connectivity index (χ4v) is 3.03. The van der Waals surface area contributed by atoms with Crippen LogP contribution in [0.2, 0.25) is 0 Å². The highest BCUT2D eigenvalue weighted by atomic mass is 32.1. The van der Waals surface area contributed by atoms with E-state index in [4.69, 9.17) is 24.4 Å². The van der Waals surface area contributed by atoms with Gasteiger partial charge in [-0.25, -0.2) is 0 Å². The maximum absolute atomic E-state index is 5.34. The van der Waals surface area contributed by atoms with Crippen LogP contribution in [0.4, 0.5) is 0 Å². The van der Waals surface area contributed by atoms with Gasteiger partial charge in [0.05, 0.1) is 0 Å². The topological polar surface area (TPSA) is 54.6 Å². The van der Waals surface area contributed by atoms with Gasteiger partial charge in [-0.2, -0.15) is 0 Å². The molecule has 0 spiro atoms. The number of piperazine rings is 2. The molecular weight excluding hydrogens is 316 g/mol. The molecule has 0 aliphatic carbocycles. The predicted molar refractivity (Wildman–Crippen MR) is 99.8 cm³/mol. The minimum atomic E-state index is 0.672. The normalized spacial score (nSPS) is 20.5. The molecule has 2 aliphatic heterocycles.